The fourth-order valence-corrected chi connectivity index (χ4v) is 3.45. The van der Waals surface area contributed by atoms with Gasteiger partial charge in [0.1, 0.15) is 10.6 Å². The van der Waals surface area contributed by atoms with Crippen molar-refractivity contribution >= 4 is 15.8 Å². The minimum absolute atomic E-state index is 0.119. The number of methoxy groups -OCH3 is 1. The van der Waals surface area contributed by atoms with Crippen LogP contribution >= 0.6 is 0 Å². The molecule has 1 N–H and O–H groups in total. The zero-order chi connectivity index (χ0) is 15.5. The highest BCUT2D eigenvalue weighted by Crippen LogP contribution is 2.26. The van der Waals surface area contributed by atoms with Crippen LogP contribution in [0.4, 0.5) is 0 Å². The van der Waals surface area contributed by atoms with Gasteiger partial charge >= 0.3 is 5.97 Å². The Morgan fingerprint density at radius 1 is 1.10 bits per heavy atom. The summed E-state index contributed by atoms with van der Waals surface area (Å²) in [5.74, 6) is -0.971. The lowest BCUT2D eigenvalue weighted by Crippen LogP contribution is -2.07. The van der Waals surface area contributed by atoms with Gasteiger partial charge in [0.05, 0.1) is 18.4 Å². The van der Waals surface area contributed by atoms with E-state index in [2.05, 4.69) is 0 Å². The molecular weight excluding hydrogens is 292 g/mol. The summed E-state index contributed by atoms with van der Waals surface area (Å²) in [5.41, 5.74) is 0.638. The third-order valence-corrected chi connectivity index (χ3v) is 4.68. The lowest BCUT2D eigenvalue weighted by Gasteiger charge is -2.09. The smallest absolute Gasteiger partial charge is 0.335 e. The SMILES string of the molecule is COc1ccccc1S(=O)(=O)Cc1ccc(C(=O)O)cc1. The summed E-state index contributed by atoms with van der Waals surface area (Å²) in [7, 11) is -2.15. The summed E-state index contributed by atoms with van der Waals surface area (Å²) in [5, 5.41) is 8.82. The molecule has 0 bridgehead atoms. The molecule has 0 amide bonds. The number of carboxylic acids is 1. The molecule has 0 fully saturated rings. The van der Waals surface area contributed by atoms with Crippen molar-refractivity contribution in [1.29, 1.82) is 0 Å². The molecule has 0 saturated carbocycles. The summed E-state index contributed by atoms with van der Waals surface area (Å²) in [4.78, 5) is 10.9. The Morgan fingerprint density at radius 2 is 1.71 bits per heavy atom. The van der Waals surface area contributed by atoms with E-state index < -0.39 is 15.8 Å². The molecule has 2 aromatic rings. The average molecular weight is 306 g/mol. The second-order valence-electron chi connectivity index (χ2n) is 4.41. The Kier molecular flexibility index (Phi) is 4.28. The third kappa shape index (κ3) is 3.41. The summed E-state index contributed by atoms with van der Waals surface area (Å²) in [6.07, 6.45) is 0. The summed E-state index contributed by atoms with van der Waals surface area (Å²) in [6, 6.07) is 12.2. The number of carbonyl (C=O) groups is 1. The van der Waals surface area contributed by atoms with Crippen LogP contribution in [0, 0.1) is 0 Å². The largest absolute Gasteiger partial charge is 0.495 e. The Morgan fingerprint density at radius 3 is 2.29 bits per heavy atom. The molecule has 5 nitrogen and oxygen atoms in total. The van der Waals surface area contributed by atoms with E-state index in [0.717, 1.165) is 0 Å². The topological polar surface area (TPSA) is 80.7 Å². The minimum atomic E-state index is -3.56. The van der Waals surface area contributed by atoms with Crippen LogP contribution in [0.1, 0.15) is 15.9 Å². The first-order chi connectivity index (χ1) is 9.94. The molecule has 2 rings (SSSR count). The Labute approximate surface area is 122 Å². The number of hydrogen-bond acceptors (Lipinski definition) is 4. The van der Waals surface area contributed by atoms with Crippen molar-refractivity contribution in [2.75, 3.05) is 7.11 Å². The van der Waals surface area contributed by atoms with Gasteiger partial charge in [0, 0.05) is 0 Å². The van der Waals surface area contributed by atoms with Crippen LogP contribution in [-0.2, 0) is 15.6 Å². The highest BCUT2D eigenvalue weighted by molar-refractivity contribution is 7.90. The van der Waals surface area contributed by atoms with Crippen molar-refractivity contribution in [2.24, 2.45) is 0 Å². The summed E-state index contributed by atoms with van der Waals surface area (Å²) < 4.78 is 29.9. The maximum atomic E-state index is 12.4. The van der Waals surface area contributed by atoms with Crippen molar-refractivity contribution in [3.8, 4) is 5.75 Å². The van der Waals surface area contributed by atoms with Gasteiger partial charge in [-0.1, -0.05) is 24.3 Å². The summed E-state index contributed by atoms with van der Waals surface area (Å²) in [6.45, 7) is 0. The Hall–Kier alpha value is -2.34. The Bertz CT molecular complexity index is 748. The first-order valence-corrected chi connectivity index (χ1v) is 7.77. The molecule has 0 heterocycles. The normalized spacial score (nSPS) is 11.1. The number of benzene rings is 2. The molecule has 0 atom stereocenters. The first-order valence-electron chi connectivity index (χ1n) is 6.12. The fraction of sp³-hybridized carbons (Fsp3) is 0.133. The van der Waals surface area contributed by atoms with Crippen molar-refractivity contribution in [3.05, 3.63) is 59.7 Å². The fourth-order valence-electron chi connectivity index (χ4n) is 1.92. The van der Waals surface area contributed by atoms with Gasteiger partial charge in [-0.15, -0.1) is 0 Å². The first kappa shape index (κ1) is 15.1. The van der Waals surface area contributed by atoms with Gasteiger partial charge in [-0.05, 0) is 29.8 Å². The lowest BCUT2D eigenvalue weighted by molar-refractivity contribution is 0.0697. The van der Waals surface area contributed by atoms with Gasteiger partial charge in [0.15, 0.2) is 9.84 Å². The number of ether oxygens (including phenoxy) is 1. The van der Waals surface area contributed by atoms with Crippen molar-refractivity contribution in [1.82, 2.24) is 0 Å². The van der Waals surface area contributed by atoms with Crippen LogP contribution in [0.5, 0.6) is 5.75 Å². The lowest BCUT2D eigenvalue weighted by atomic mass is 10.1. The van der Waals surface area contributed by atoms with Gasteiger partial charge in [0.25, 0.3) is 0 Å². The van der Waals surface area contributed by atoms with Crippen molar-refractivity contribution in [2.45, 2.75) is 10.6 Å². The third-order valence-electron chi connectivity index (χ3n) is 2.96. The second-order valence-corrected chi connectivity index (χ2v) is 6.37. The predicted octanol–water partition coefficient (Wildman–Crippen LogP) is 2.37. The number of para-hydroxylation sites is 1. The van der Waals surface area contributed by atoms with Crippen LogP contribution in [0.2, 0.25) is 0 Å². The molecule has 0 aliphatic carbocycles. The monoisotopic (exact) mass is 306 g/mol. The molecular formula is C15H14O5S. The van der Waals surface area contributed by atoms with Gasteiger partial charge in [-0.2, -0.15) is 0 Å². The maximum Gasteiger partial charge on any atom is 0.335 e. The number of rotatable bonds is 5. The van der Waals surface area contributed by atoms with E-state index in [9.17, 15) is 13.2 Å². The second kappa shape index (κ2) is 5.97. The van der Waals surface area contributed by atoms with Crippen LogP contribution in [0.25, 0.3) is 0 Å². The molecule has 2 aromatic carbocycles. The molecule has 0 aliphatic rings. The number of sulfone groups is 1. The number of carboxylic acid groups (broad SMARTS) is 1. The van der Waals surface area contributed by atoms with E-state index in [1.807, 2.05) is 0 Å². The van der Waals surface area contributed by atoms with E-state index in [1.165, 1.54) is 37.4 Å². The molecule has 0 spiro atoms. The van der Waals surface area contributed by atoms with E-state index in [0.29, 0.717) is 11.3 Å². The van der Waals surface area contributed by atoms with Crippen molar-refractivity contribution in [3.63, 3.8) is 0 Å². The minimum Gasteiger partial charge on any atom is -0.495 e. The zero-order valence-corrected chi connectivity index (χ0v) is 12.1. The van der Waals surface area contributed by atoms with Crippen LogP contribution in [0.3, 0.4) is 0 Å². The van der Waals surface area contributed by atoms with E-state index in [1.54, 1.807) is 18.2 Å². The summed E-state index contributed by atoms with van der Waals surface area (Å²) >= 11 is 0. The van der Waals surface area contributed by atoms with Crippen LogP contribution in [0.15, 0.2) is 53.4 Å². The standard InChI is InChI=1S/C15H14O5S/c1-20-13-4-2-3-5-14(13)21(18,19)10-11-6-8-12(9-7-11)15(16)17/h2-9H,10H2,1H3,(H,16,17). The molecule has 0 saturated heterocycles. The van der Waals surface area contributed by atoms with Crippen LogP contribution in [-0.4, -0.2) is 26.6 Å². The molecule has 110 valence electrons. The van der Waals surface area contributed by atoms with Gasteiger partial charge < -0.3 is 9.84 Å². The molecule has 0 radical (unpaired) electrons. The molecule has 0 aliphatic heterocycles. The zero-order valence-electron chi connectivity index (χ0n) is 11.3. The van der Waals surface area contributed by atoms with Gasteiger partial charge in [0.2, 0.25) is 0 Å². The molecule has 6 heteroatoms. The molecule has 0 aromatic heterocycles. The maximum absolute atomic E-state index is 12.4. The van der Waals surface area contributed by atoms with Crippen LogP contribution < -0.4 is 4.74 Å². The highest BCUT2D eigenvalue weighted by atomic mass is 32.2. The van der Waals surface area contributed by atoms with E-state index in [-0.39, 0.29) is 16.2 Å². The molecule has 0 unspecified atom stereocenters. The number of hydrogen-bond donors (Lipinski definition) is 1. The number of aromatic carboxylic acids is 1. The van der Waals surface area contributed by atoms with E-state index in [4.69, 9.17) is 9.84 Å². The predicted molar refractivity (Wildman–Crippen MR) is 77.3 cm³/mol. The van der Waals surface area contributed by atoms with Gasteiger partial charge in [-0.25, -0.2) is 13.2 Å². The van der Waals surface area contributed by atoms with E-state index >= 15 is 0 Å². The van der Waals surface area contributed by atoms with Crippen molar-refractivity contribution < 1.29 is 23.1 Å². The highest BCUT2D eigenvalue weighted by Gasteiger charge is 2.19. The molecule has 21 heavy (non-hydrogen) atoms. The van der Waals surface area contributed by atoms with Gasteiger partial charge in [-0.3, -0.25) is 0 Å². The Balaban J connectivity index is 2.31. The average Bonchev–Trinajstić information content (AvgIpc) is 2.47. The quantitative estimate of drug-likeness (QED) is 0.917.